The molecular formula is C18H20N4O3S2. The summed E-state index contributed by atoms with van der Waals surface area (Å²) in [6, 6.07) is 5.03. The van der Waals surface area contributed by atoms with Crippen LogP contribution in [0.4, 0.5) is 4.79 Å². The lowest BCUT2D eigenvalue weighted by Crippen LogP contribution is -2.46. The Morgan fingerprint density at radius 3 is 2.74 bits per heavy atom. The van der Waals surface area contributed by atoms with Crippen LogP contribution in [-0.2, 0) is 9.53 Å². The summed E-state index contributed by atoms with van der Waals surface area (Å²) in [6.45, 7) is 5.81. The van der Waals surface area contributed by atoms with Crippen molar-refractivity contribution in [2.75, 3.05) is 12.9 Å². The molecule has 1 atom stereocenters. The Bertz CT molecular complexity index is 923. The summed E-state index contributed by atoms with van der Waals surface area (Å²) < 4.78 is 5.79. The molecule has 0 aliphatic carbocycles. The van der Waals surface area contributed by atoms with Crippen molar-refractivity contribution < 1.29 is 14.3 Å². The summed E-state index contributed by atoms with van der Waals surface area (Å²) in [5, 5.41) is 14.5. The molecule has 0 radical (unpaired) electrons. The van der Waals surface area contributed by atoms with Crippen LogP contribution in [0.15, 0.2) is 33.8 Å². The number of urea groups is 1. The summed E-state index contributed by atoms with van der Waals surface area (Å²) in [5.74, 6) is -0.0918. The molecule has 2 heterocycles. The van der Waals surface area contributed by atoms with Gasteiger partial charge in [-0.3, -0.25) is 0 Å². The van der Waals surface area contributed by atoms with Gasteiger partial charge in [-0.1, -0.05) is 46.9 Å². The maximum atomic E-state index is 12.6. The highest BCUT2D eigenvalue weighted by Gasteiger charge is 2.34. The van der Waals surface area contributed by atoms with E-state index in [0.29, 0.717) is 17.0 Å². The minimum atomic E-state index is -0.571. The first kappa shape index (κ1) is 19.4. The van der Waals surface area contributed by atoms with E-state index >= 15 is 0 Å². The number of thioether (sulfide) groups is 1. The molecule has 0 saturated carbocycles. The second-order valence-electron chi connectivity index (χ2n) is 6.15. The molecule has 27 heavy (non-hydrogen) atoms. The van der Waals surface area contributed by atoms with Gasteiger partial charge in [0.05, 0.1) is 18.7 Å². The van der Waals surface area contributed by atoms with E-state index in [0.717, 1.165) is 26.0 Å². The SMILES string of the molecule is COC(=O)C1=C(CSc2nnc(C)s2)NC(=O)N[C@H]1c1cc(C)ccc1C. The van der Waals surface area contributed by atoms with Gasteiger partial charge in [0, 0.05) is 11.4 Å². The number of esters is 1. The Labute approximate surface area is 165 Å². The average Bonchev–Trinajstić information content (AvgIpc) is 3.06. The summed E-state index contributed by atoms with van der Waals surface area (Å²) in [6.07, 6.45) is 0. The minimum absolute atomic E-state index is 0.349. The lowest BCUT2D eigenvalue weighted by Gasteiger charge is -2.30. The number of hydrogen-bond acceptors (Lipinski definition) is 7. The first-order valence-corrected chi connectivity index (χ1v) is 10.1. The van der Waals surface area contributed by atoms with E-state index in [4.69, 9.17) is 4.74 Å². The minimum Gasteiger partial charge on any atom is -0.466 e. The van der Waals surface area contributed by atoms with Crippen molar-refractivity contribution in [2.24, 2.45) is 0 Å². The Morgan fingerprint density at radius 2 is 2.07 bits per heavy atom. The molecule has 0 unspecified atom stereocenters. The summed E-state index contributed by atoms with van der Waals surface area (Å²) in [4.78, 5) is 24.9. The topological polar surface area (TPSA) is 93.2 Å². The van der Waals surface area contributed by atoms with Crippen molar-refractivity contribution in [3.05, 3.63) is 51.2 Å². The zero-order valence-electron chi connectivity index (χ0n) is 15.5. The van der Waals surface area contributed by atoms with Crippen LogP contribution in [0.2, 0.25) is 0 Å². The van der Waals surface area contributed by atoms with E-state index in [-0.39, 0.29) is 6.03 Å². The van der Waals surface area contributed by atoms with Gasteiger partial charge in [0.2, 0.25) is 0 Å². The molecule has 9 heteroatoms. The number of nitrogens with one attached hydrogen (secondary N) is 2. The molecule has 1 aromatic heterocycles. The van der Waals surface area contributed by atoms with Gasteiger partial charge < -0.3 is 15.4 Å². The number of carbonyl (C=O) groups is 2. The number of amides is 2. The number of rotatable bonds is 5. The lowest BCUT2D eigenvalue weighted by atomic mass is 9.91. The van der Waals surface area contributed by atoms with Gasteiger partial charge in [0.25, 0.3) is 0 Å². The van der Waals surface area contributed by atoms with Crippen LogP contribution in [-0.4, -0.2) is 35.1 Å². The molecule has 1 aliphatic heterocycles. The fraction of sp³-hybridized carbons (Fsp3) is 0.333. The first-order chi connectivity index (χ1) is 12.9. The molecule has 0 spiro atoms. The Balaban J connectivity index is 2.01. The van der Waals surface area contributed by atoms with Crippen LogP contribution >= 0.6 is 23.1 Å². The largest absolute Gasteiger partial charge is 0.466 e. The summed E-state index contributed by atoms with van der Waals surface area (Å²) >= 11 is 2.89. The Morgan fingerprint density at radius 1 is 1.30 bits per heavy atom. The summed E-state index contributed by atoms with van der Waals surface area (Å²) in [5.41, 5.74) is 3.84. The zero-order valence-corrected chi connectivity index (χ0v) is 17.1. The molecule has 2 aromatic rings. The van der Waals surface area contributed by atoms with Gasteiger partial charge >= 0.3 is 12.0 Å². The quantitative estimate of drug-likeness (QED) is 0.588. The monoisotopic (exact) mass is 404 g/mol. The molecule has 0 saturated heterocycles. The third kappa shape index (κ3) is 4.30. The molecule has 142 valence electrons. The van der Waals surface area contributed by atoms with Crippen molar-refractivity contribution in [3.63, 3.8) is 0 Å². The van der Waals surface area contributed by atoms with E-state index in [2.05, 4.69) is 20.8 Å². The fourth-order valence-corrected chi connectivity index (χ4v) is 4.64. The van der Waals surface area contributed by atoms with Crippen molar-refractivity contribution in [3.8, 4) is 0 Å². The number of benzene rings is 1. The van der Waals surface area contributed by atoms with E-state index in [1.165, 1.54) is 30.2 Å². The van der Waals surface area contributed by atoms with Crippen LogP contribution in [0.5, 0.6) is 0 Å². The number of methoxy groups -OCH3 is 1. The van der Waals surface area contributed by atoms with Crippen LogP contribution in [0, 0.1) is 20.8 Å². The number of aromatic nitrogens is 2. The molecule has 3 rings (SSSR count). The van der Waals surface area contributed by atoms with Crippen molar-refractivity contribution in [1.82, 2.24) is 20.8 Å². The van der Waals surface area contributed by atoms with Crippen LogP contribution < -0.4 is 10.6 Å². The lowest BCUT2D eigenvalue weighted by molar-refractivity contribution is -0.136. The highest BCUT2D eigenvalue weighted by molar-refractivity contribution is 8.01. The standard InChI is InChI=1S/C18H20N4O3S2/c1-9-5-6-10(2)12(7-9)15-14(16(23)25-4)13(19-17(24)20-15)8-26-18-22-21-11(3)27-18/h5-7,15H,8H2,1-4H3,(H2,19,20,24)/t15-/m0/s1. The predicted octanol–water partition coefficient (Wildman–Crippen LogP) is 3.04. The van der Waals surface area contributed by atoms with Crippen molar-refractivity contribution >= 4 is 35.1 Å². The molecular weight excluding hydrogens is 384 g/mol. The molecule has 0 fully saturated rings. The normalized spacial score (nSPS) is 16.7. The third-order valence-corrected chi connectivity index (χ3v) is 6.15. The van der Waals surface area contributed by atoms with Gasteiger partial charge in [-0.25, -0.2) is 9.59 Å². The van der Waals surface area contributed by atoms with Gasteiger partial charge in [0.15, 0.2) is 4.34 Å². The van der Waals surface area contributed by atoms with Gasteiger partial charge in [-0.05, 0) is 31.9 Å². The van der Waals surface area contributed by atoms with Crippen molar-refractivity contribution in [1.29, 1.82) is 0 Å². The number of carbonyl (C=O) groups excluding carboxylic acids is 2. The van der Waals surface area contributed by atoms with Crippen molar-refractivity contribution in [2.45, 2.75) is 31.2 Å². The molecule has 2 amide bonds. The number of ether oxygens (including phenoxy) is 1. The second-order valence-corrected chi connectivity index (χ2v) is 8.56. The molecule has 2 N–H and O–H groups in total. The highest BCUT2D eigenvalue weighted by Crippen LogP contribution is 2.33. The average molecular weight is 405 g/mol. The molecule has 7 nitrogen and oxygen atoms in total. The fourth-order valence-electron chi connectivity index (χ4n) is 2.86. The Hall–Kier alpha value is -2.39. The Kier molecular flexibility index (Phi) is 5.81. The smallest absolute Gasteiger partial charge is 0.338 e. The van der Waals surface area contributed by atoms with Gasteiger partial charge in [-0.2, -0.15) is 0 Å². The number of aryl methyl sites for hydroxylation is 3. The van der Waals surface area contributed by atoms with E-state index in [1.54, 1.807) is 0 Å². The van der Waals surface area contributed by atoms with E-state index < -0.39 is 12.0 Å². The van der Waals surface area contributed by atoms with Gasteiger partial charge in [0.1, 0.15) is 5.01 Å². The molecule has 0 bridgehead atoms. The molecule has 1 aliphatic rings. The highest BCUT2D eigenvalue weighted by atomic mass is 32.2. The zero-order chi connectivity index (χ0) is 19.6. The summed E-state index contributed by atoms with van der Waals surface area (Å²) in [7, 11) is 1.34. The first-order valence-electron chi connectivity index (χ1n) is 8.28. The van der Waals surface area contributed by atoms with Gasteiger partial charge in [-0.15, -0.1) is 10.2 Å². The van der Waals surface area contributed by atoms with Crippen LogP contribution in [0.25, 0.3) is 0 Å². The van der Waals surface area contributed by atoms with E-state index in [1.807, 2.05) is 39.0 Å². The van der Waals surface area contributed by atoms with Crippen LogP contribution in [0.1, 0.15) is 27.7 Å². The third-order valence-electron chi connectivity index (χ3n) is 4.15. The maximum absolute atomic E-state index is 12.6. The molecule has 1 aromatic carbocycles. The number of hydrogen-bond donors (Lipinski definition) is 2. The second kappa shape index (κ2) is 8.10. The van der Waals surface area contributed by atoms with E-state index in [9.17, 15) is 9.59 Å². The predicted molar refractivity (Wildman–Crippen MR) is 105 cm³/mol. The number of nitrogens with zero attached hydrogens (tertiary/aromatic N) is 2. The maximum Gasteiger partial charge on any atom is 0.338 e. The van der Waals surface area contributed by atoms with Crippen LogP contribution in [0.3, 0.4) is 0 Å².